The third kappa shape index (κ3) is 5.76. The molecule has 12 nitrogen and oxygen atoms in total. The number of hydrogen-bond acceptors (Lipinski definition) is 9. The number of fused-ring (bicyclic) bond motifs is 1. The Bertz CT molecular complexity index is 1880. The Morgan fingerprint density at radius 2 is 1.98 bits per heavy atom. The number of ether oxygens (including phenoxy) is 1. The van der Waals surface area contributed by atoms with E-state index in [1.807, 2.05) is 41.1 Å². The maximum Gasteiger partial charge on any atom is 0.314 e. The van der Waals surface area contributed by atoms with Gasteiger partial charge in [-0.25, -0.2) is 18.4 Å². The summed E-state index contributed by atoms with van der Waals surface area (Å²) in [6, 6.07) is 11.9. The quantitative estimate of drug-likeness (QED) is 0.227. The fourth-order valence-corrected chi connectivity index (χ4v) is 7.73. The van der Waals surface area contributed by atoms with E-state index in [0.717, 1.165) is 29.4 Å². The van der Waals surface area contributed by atoms with Gasteiger partial charge in [0.15, 0.2) is 0 Å². The third-order valence-electron chi connectivity index (χ3n) is 9.17. The van der Waals surface area contributed by atoms with Crippen LogP contribution in [0.15, 0.2) is 55.2 Å². The van der Waals surface area contributed by atoms with E-state index in [9.17, 15) is 23.3 Å². The normalized spacial score (nSPS) is 18.9. The van der Waals surface area contributed by atoms with Gasteiger partial charge in [0, 0.05) is 55.3 Å². The lowest BCUT2D eigenvalue weighted by molar-refractivity contribution is -0.142. The van der Waals surface area contributed by atoms with E-state index in [1.165, 1.54) is 17.7 Å². The van der Waals surface area contributed by atoms with Crippen LogP contribution in [0.2, 0.25) is 0 Å². The minimum Gasteiger partial charge on any atom is -0.468 e. The van der Waals surface area contributed by atoms with E-state index in [4.69, 9.17) is 4.74 Å². The molecule has 2 aliphatic rings. The summed E-state index contributed by atoms with van der Waals surface area (Å²) in [6.45, 7) is 2.26. The number of nitriles is 1. The van der Waals surface area contributed by atoms with Crippen LogP contribution in [0.5, 0.6) is 0 Å². The Morgan fingerprint density at radius 3 is 2.64 bits per heavy atom. The average Bonchev–Trinajstić information content (AvgIpc) is 3.78. The number of aromatic nitrogens is 5. The number of carbonyl (C=O) groups excluding carboxylic acids is 2. The predicted octanol–water partition coefficient (Wildman–Crippen LogP) is 3.44. The Balaban J connectivity index is 1.25. The topological polar surface area (TPSA) is 153 Å². The van der Waals surface area contributed by atoms with Crippen LogP contribution >= 0.6 is 0 Å². The van der Waals surface area contributed by atoms with E-state index in [2.05, 4.69) is 21.1 Å². The van der Waals surface area contributed by atoms with Gasteiger partial charge in [-0.05, 0) is 43.4 Å². The summed E-state index contributed by atoms with van der Waals surface area (Å²) in [6.07, 6.45) is 10.2. The smallest absolute Gasteiger partial charge is 0.314 e. The van der Waals surface area contributed by atoms with Crippen molar-refractivity contribution in [3.8, 4) is 17.3 Å². The van der Waals surface area contributed by atoms with Gasteiger partial charge >= 0.3 is 5.97 Å². The molecule has 234 valence electrons. The minimum atomic E-state index is -3.36. The van der Waals surface area contributed by atoms with Crippen LogP contribution in [0.4, 0.5) is 0 Å². The van der Waals surface area contributed by atoms with Crippen molar-refractivity contribution in [1.29, 1.82) is 5.26 Å². The number of benzene rings is 1. The van der Waals surface area contributed by atoms with Crippen LogP contribution in [0.1, 0.15) is 49.7 Å². The Kier molecular flexibility index (Phi) is 8.28. The molecule has 1 aliphatic carbocycles. The summed E-state index contributed by atoms with van der Waals surface area (Å²) in [5.41, 5.74) is 3.11. The zero-order valence-electron chi connectivity index (χ0n) is 25.3. The molecule has 6 rings (SSSR count). The first-order valence-electron chi connectivity index (χ1n) is 15.1. The van der Waals surface area contributed by atoms with Crippen molar-refractivity contribution in [2.24, 2.45) is 5.92 Å². The highest BCUT2D eigenvalue weighted by atomic mass is 32.2. The standard InChI is InChI=1S/C32H35N7O5S/c1-3-45(42,43)38-19-32(20-38,12-13-33)39-17-25(16-36-39)29-26-11-14-37(30(26)35-21-34-29)18-27(31(41)44-2)23-9-7-22(8-10-23)15-24-5-4-6-28(24)40/h7-11,14,16-17,21,24,27H,3-6,12,15,18-20H2,1-2H3. The maximum atomic E-state index is 13.0. The van der Waals surface area contributed by atoms with Gasteiger partial charge in [-0.15, -0.1) is 0 Å². The van der Waals surface area contributed by atoms with Crippen LogP contribution in [0, 0.1) is 17.2 Å². The van der Waals surface area contributed by atoms with Crippen molar-refractivity contribution in [2.75, 3.05) is 26.0 Å². The molecule has 0 radical (unpaired) electrons. The lowest BCUT2D eigenvalue weighted by atomic mass is 9.89. The Morgan fingerprint density at radius 1 is 1.20 bits per heavy atom. The SMILES string of the molecule is CCS(=O)(=O)N1CC(CC#N)(n2cc(-c3ncnc4c3ccn4CC(C(=O)OC)c3ccc(CC4CCCC4=O)cc3)cn2)C1. The van der Waals surface area contributed by atoms with E-state index in [1.54, 1.807) is 24.0 Å². The molecule has 2 atom stereocenters. The van der Waals surface area contributed by atoms with Gasteiger partial charge in [0.1, 0.15) is 23.3 Å². The van der Waals surface area contributed by atoms with E-state index >= 15 is 0 Å². The molecular weight excluding hydrogens is 594 g/mol. The van der Waals surface area contributed by atoms with Gasteiger partial charge in [0.25, 0.3) is 0 Å². The lowest BCUT2D eigenvalue weighted by Gasteiger charge is -2.47. The maximum absolute atomic E-state index is 13.0. The summed E-state index contributed by atoms with van der Waals surface area (Å²) in [7, 11) is -1.99. The van der Waals surface area contributed by atoms with Crippen molar-refractivity contribution in [2.45, 2.75) is 57.0 Å². The molecule has 45 heavy (non-hydrogen) atoms. The zero-order valence-corrected chi connectivity index (χ0v) is 26.1. The first-order valence-corrected chi connectivity index (χ1v) is 16.7. The average molecular weight is 630 g/mol. The molecule has 2 unspecified atom stereocenters. The minimum absolute atomic E-state index is 0.000622. The Labute approximate surface area is 261 Å². The van der Waals surface area contributed by atoms with Crippen LogP contribution in [0.3, 0.4) is 0 Å². The monoisotopic (exact) mass is 629 g/mol. The van der Waals surface area contributed by atoms with Crippen molar-refractivity contribution in [3.63, 3.8) is 0 Å². The highest BCUT2D eigenvalue weighted by Gasteiger charge is 2.49. The molecule has 4 heterocycles. The van der Waals surface area contributed by atoms with Gasteiger partial charge < -0.3 is 9.30 Å². The molecule has 1 aromatic carbocycles. The molecule has 0 spiro atoms. The predicted molar refractivity (Wildman–Crippen MR) is 165 cm³/mol. The Hall–Kier alpha value is -4.41. The molecule has 1 saturated carbocycles. The molecule has 3 aromatic heterocycles. The third-order valence-corrected chi connectivity index (χ3v) is 10.9. The van der Waals surface area contributed by atoms with E-state index in [-0.39, 0.29) is 37.2 Å². The van der Waals surface area contributed by atoms with Gasteiger partial charge in [-0.2, -0.15) is 14.7 Å². The second-order valence-electron chi connectivity index (χ2n) is 11.9. The second-order valence-corrected chi connectivity index (χ2v) is 14.2. The summed E-state index contributed by atoms with van der Waals surface area (Å²) < 4.78 is 34.8. The number of nitrogens with zero attached hydrogens (tertiary/aromatic N) is 7. The number of methoxy groups -OCH3 is 1. The first kappa shape index (κ1) is 30.6. The fourth-order valence-electron chi connectivity index (χ4n) is 6.49. The number of ketones is 1. The first-order chi connectivity index (χ1) is 21.7. The molecule has 0 bridgehead atoms. The summed E-state index contributed by atoms with van der Waals surface area (Å²) in [4.78, 5) is 34.1. The molecule has 1 saturated heterocycles. The summed E-state index contributed by atoms with van der Waals surface area (Å²) >= 11 is 0. The number of esters is 1. The highest BCUT2D eigenvalue weighted by Crippen LogP contribution is 2.36. The summed E-state index contributed by atoms with van der Waals surface area (Å²) in [5.74, 6) is -0.537. The second kappa shape index (κ2) is 12.2. The van der Waals surface area contributed by atoms with Crippen molar-refractivity contribution >= 4 is 32.8 Å². The van der Waals surface area contributed by atoms with Gasteiger partial charge in [-0.1, -0.05) is 24.3 Å². The molecule has 4 aromatic rings. The lowest BCUT2D eigenvalue weighted by Crippen LogP contribution is -2.64. The molecule has 13 heteroatoms. The van der Waals surface area contributed by atoms with Crippen LogP contribution < -0.4 is 0 Å². The number of carbonyl (C=O) groups is 2. The van der Waals surface area contributed by atoms with Gasteiger partial charge in [-0.3, -0.25) is 14.3 Å². The van der Waals surface area contributed by atoms with Crippen LogP contribution in [-0.4, -0.2) is 74.7 Å². The largest absolute Gasteiger partial charge is 0.468 e. The molecule has 0 amide bonds. The van der Waals surface area contributed by atoms with Gasteiger partial charge in [0.05, 0.1) is 43.2 Å². The molecular formula is C32H35N7O5S. The number of hydrogen-bond donors (Lipinski definition) is 0. The highest BCUT2D eigenvalue weighted by molar-refractivity contribution is 7.89. The summed E-state index contributed by atoms with van der Waals surface area (Å²) in [5, 5.41) is 14.8. The number of sulfonamides is 1. The van der Waals surface area contributed by atoms with E-state index < -0.39 is 21.5 Å². The van der Waals surface area contributed by atoms with Crippen molar-refractivity contribution < 1.29 is 22.7 Å². The van der Waals surface area contributed by atoms with Gasteiger partial charge in [0.2, 0.25) is 10.0 Å². The van der Waals surface area contributed by atoms with Crippen molar-refractivity contribution in [3.05, 3.63) is 66.4 Å². The van der Waals surface area contributed by atoms with Crippen LogP contribution in [-0.2, 0) is 42.9 Å². The fraction of sp³-hybridized carbons (Fsp3) is 0.438. The van der Waals surface area contributed by atoms with E-state index in [0.29, 0.717) is 42.1 Å². The number of rotatable bonds is 11. The van der Waals surface area contributed by atoms with Crippen molar-refractivity contribution in [1.82, 2.24) is 28.6 Å². The van der Waals surface area contributed by atoms with Crippen LogP contribution in [0.25, 0.3) is 22.3 Å². The molecule has 0 N–H and O–H groups in total. The zero-order chi connectivity index (χ0) is 31.8. The number of Topliss-reactive ketones (excluding diaryl/α,β-unsaturated/α-hetero) is 1. The molecule has 1 aliphatic heterocycles. The molecule has 2 fully saturated rings.